The molecule has 2 aromatic rings. The molecule has 1 fully saturated rings. The number of hydrogen-bond acceptors (Lipinski definition) is 3. The van der Waals surface area contributed by atoms with Crippen molar-refractivity contribution < 1.29 is 19.7 Å². The average molecular weight is 286 g/mol. The number of phenolic OH excluding ortho intramolecular Hbond substituents is 1. The van der Waals surface area contributed by atoms with Gasteiger partial charge in [0.2, 0.25) is 0 Å². The van der Waals surface area contributed by atoms with Gasteiger partial charge in [-0.25, -0.2) is 4.79 Å². The lowest BCUT2D eigenvalue weighted by molar-refractivity contribution is -0.131. The van der Waals surface area contributed by atoms with E-state index in [2.05, 4.69) is 11.3 Å². The molecule has 0 spiro atoms. The van der Waals surface area contributed by atoms with Crippen LogP contribution in [0.2, 0.25) is 0 Å². The van der Waals surface area contributed by atoms with E-state index < -0.39 is 5.97 Å². The summed E-state index contributed by atoms with van der Waals surface area (Å²) in [4.78, 5) is 9.25. The van der Waals surface area contributed by atoms with Crippen LogP contribution in [0.5, 0.6) is 5.75 Å². The van der Waals surface area contributed by atoms with Gasteiger partial charge >= 0.3 is 5.97 Å². The van der Waals surface area contributed by atoms with Crippen molar-refractivity contribution in [3.63, 3.8) is 0 Å². The van der Waals surface area contributed by atoms with Crippen LogP contribution in [0.3, 0.4) is 0 Å². The fourth-order valence-corrected chi connectivity index (χ4v) is 1.34. The molecule has 1 aliphatic heterocycles. The molecule has 3 rings (SSSR count). The Kier molecular flexibility index (Phi) is 7.32. The van der Waals surface area contributed by atoms with Gasteiger partial charge in [-0.05, 0) is 11.6 Å². The molecule has 0 bridgehead atoms. The number of epoxide rings is 1. The molecule has 0 atom stereocenters. The standard InChI is InChI=1S/C12H10O.C3H4O2.C2H4O/c13-12-9-5-4-8-11(12)10-6-2-1-3-7-10;1-2-3(4)5;1-2-3-1/h1-9,13H;2H,1H2,(H,4,5);1-2H2. The van der Waals surface area contributed by atoms with Gasteiger partial charge in [-0.15, -0.1) is 0 Å². The van der Waals surface area contributed by atoms with E-state index in [0.29, 0.717) is 5.75 Å². The zero-order valence-electron chi connectivity index (χ0n) is 11.6. The zero-order valence-corrected chi connectivity index (χ0v) is 11.6. The van der Waals surface area contributed by atoms with Crippen LogP contribution in [-0.2, 0) is 9.53 Å². The molecule has 0 aliphatic carbocycles. The second-order valence-corrected chi connectivity index (χ2v) is 4.04. The third kappa shape index (κ3) is 7.54. The summed E-state index contributed by atoms with van der Waals surface area (Å²) in [5.41, 5.74) is 1.92. The number of rotatable bonds is 2. The van der Waals surface area contributed by atoms with E-state index in [1.165, 1.54) is 0 Å². The van der Waals surface area contributed by atoms with Crippen LogP contribution >= 0.6 is 0 Å². The van der Waals surface area contributed by atoms with Crippen molar-refractivity contribution >= 4 is 5.97 Å². The molecule has 0 unspecified atom stereocenters. The minimum atomic E-state index is -0.981. The summed E-state index contributed by atoms with van der Waals surface area (Å²) in [6.45, 7) is 4.96. The number of para-hydroxylation sites is 1. The van der Waals surface area contributed by atoms with E-state index in [1.807, 2.05) is 48.5 Å². The minimum Gasteiger partial charge on any atom is -0.507 e. The van der Waals surface area contributed by atoms with Crippen molar-refractivity contribution in [1.29, 1.82) is 0 Å². The molecule has 0 aromatic heterocycles. The average Bonchev–Trinajstić information content (AvgIpc) is 3.38. The van der Waals surface area contributed by atoms with Crippen LogP contribution in [0.4, 0.5) is 0 Å². The summed E-state index contributed by atoms with van der Waals surface area (Å²) in [5.74, 6) is -0.654. The van der Waals surface area contributed by atoms with Gasteiger partial charge in [0.25, 0.3) is 0 Å². The van der Waals surface area contributed by atoms with Crippen LogP contribution in [-0.4, -0.2) is 29.4 Å². The maximum Gasteiger partial charge on any atom is 0.327 e. The lowest BCUT2D eigenvalue weighted by Gasteiger charge is -2.02. The van der Waals surface area contributed by atoms with Crippen molar-refractivity contribution in [1.82, 2.24) is 0 Å². The molecule has 0 radical (unpaired) electrons. The van der Waals surface area contributed by atoms with Crippen LogP contribution in [0, 0.1) is 0 Å². The zero-order chi connectivity index (χ0) is 15.5. The van der Waals surface area contributed by atoms with E-state index in [-0.39, 0.29) is 0 Å². The quantitative estimate of drug-likeness (QED) is 0.656. The highest BCUT2D eigenvalue weighted by atomic mass is 16.6. The molecule has 4 nitrogen and oxygen atoms in total. The Labute approximate surface area is 123 Å². The molecule has 1 aliphatic rings. The lowest BCUT2D eigenvalue weighted by Crippen LogP contribution is -1.82. The number of aromatic hydroxyl groups is 1. The molecule has 21 heavy (non-hydrogen) atoms. The van der Waals surface area contributed by atoms with E-state index in [9.17, 15) is 9.90 Å². The Morgan fingerprint density at radius 2 is 1.52 bits per heavy atom. The van der Waals surface area contributed by atoms with Crippen LogP contribution in [0.15, 0.2) is 67.3 Å². The van der Waals surface area contributed by atoms with Gasteiger partial charge in [0.15, 0.2) is 0 Å². The number of phenols is 1. The van der Waals surface area contributed by atoms with Gasteiger partial charge < -0.3 is 14.9 Å². The third-order valence-corrected chi connectivity index (χ3v) is 2.37. The first-order valence-electron chi connectivity index (χ1n) is 6.41. The molecular formula is C17H18O4. The number of ether oxygens (including phenoxy) is 1. The fraction of sp³-hybridized carbons (Fsp3) is 0.118. The maximum absolute atomic E-state index is 9.56. The van der Waals surface area contributed by atoms with Gasteiger partial charge in [-0.1, -0.05) is 55.1 Å². The Bertz CT molecular complexity index is 559. The Hall–Kier alpha value is -2.59. The second kappa shape index (κ2) is 9.34. The van der Waals surface area contributed by atoms with Crippen LogP contribution in [0.25, 0.3) is 11.1 Å². The summed E-state index contributed by atoms with van der Waals surface area (Å²) < 4.78 is 4.50. The molecule has 0 amide bonds. The highest BCUT2D eigenvalue weighted by Crippen LogP contribution is 2.27. The first-order valence-corrected chi connectivity index (χ1v) is 6.41. The number of carboxylic acids is 1. The van der Waals surface area contributed by atoms with Crippen molar-refractivity contribution in [2.75, 3.05) is 13.2 Å². The van der Waals surface area contributed by atoms with Crippen molar-refractivity contribution in [2.45, 2.75) is 0 Å². The largest absolute Gasteiger partial charge is 0.507 e. The van der Waals surface area contributed by atoms with Gasteiger partial charge in [-0.2, -0.15) is 0 Å². The number of aliphatic carboxylic acids is 1. The van der Waals surface area contributed by atoms with E-state index in [0.717, 1.165) is 30.4 Å². The first kappa shape index (κ1) is 16.5. The monoisotopic (exact) mass is 286 g/mol. The topological polar surface area (TPSA) is 70.1 Å². The van der Waals surface area contributed by atoms with Crippen molar-refractivity contribution in [2.24, 2.45) is 0 Å². The number of carbonyl (C=O) groups is 1. The highest BCUT2D eigenvalue weighted by molar-refractivity contribution is 5.78. The smallest absolute Gasteiger partial charge is 0.327 e. The molecule has 1 saturated heterocycles. The second-order valence-electron chi connectivity index (χ2n) is 4.04. The summed E-state index contributed by atoms with van der Waals surface area (Å²) in [5, 5.41) is 17.2. The first-order chi connectivity index (χ1) is 10.1. The van der Waals surface area contributed by atoms with Gasteiger partial charge in [0, 0.05) is 11.6 Å². The number of carboxylic acid groups (broad SMARTS) is 1. The molecule has 4 heteroatoms. The van der Waals surface area contributed by atoms with E-state index >= 15 is 0 Å². The molecule has 2 aromatic carbocycles. The Morgan fingerprint density at radius 1 is 1.05 bits per heavy atom. The predicted molar refractivity (Wildman–Crippen MR) is 82.2 cm³/mol. The van der Waals surface area contributed by atoms with Crippen molar-refractivity contribution in [3.05, 3.63) is 67.3 Å². The normalized spacial score (nSPS) is 11.0. The summed E-state index contributed by atoms with van der Waals surface area (Å²) in [6.07, 6.45) is 0.833. The number of hydrogen-bond donors (Lipinski definition) is 2. The summed E-state index contributed by atoms with van der Waals surface area (Å²) in [6, 6.07) is 17.2. The summed E-state index contributed by atoms with van der Waals surface area (Å²) in [7, 11) is 0. The SMILES string of the molecule is C1CO1.C=CC(=O)O.Oc1ccccc1-c1ccccc1. The van der Waals surface area contributed by atoms with E-state index in [1.54, 1.807) is 6.07 Å². The summed E-state index contributed by atoms with van der Waals surface area (Å²) >= 11 is 0. The molecule has 1 heterocycles. The predicted octanol–water partition coefficient (Wildman–Crippen LogP) is 3.33. The highest BCUT2D eigenvalue weighted by Gasteiger charge is 2.00. The van der Waals surface area contributed by atoms with Gasteiger partial charge in [-0.3, -0.25) is 0 Å². The molecular weight excluding hydrogens is 268 g/mol. The van der Waals surface area contributed by atoms with Gasteiger partial charge in [0.1, 0.15) is 5.75 Å². The van der Waals surface area contributed by atoms with Crippen molar-refractivity contribution in [3.8, 4) is 16.9 Å². The van der Waals surface area contributed by atoms with E-state index in [4.69, 9.17) is 5.11 Å². The van der Waals surface area contributed by atoms with Crippen LogP contribution < -0.4 is 0 Å². The Balaban J connectivity index is 0.000000227. The lowest BCUT2D eigenvalue weighted by atomic mass is 10.1. The van der Waals surface area contributed by atoms with Gasteiger partial charge in [0.05, 0.1) is 13.2 Å². The Morgan fingerprint density at radius 3 is 1.95 bits per heavy atom. The van der Waals surface area contributed by atoms with Crippen LogP contribution in [0.1, 0.15) is 0 Å². The fourth-order valence-electron chi connectivity index (χ4n) is 1.34. The third-order valence-electron chi connectivity index (χ3n) is 2.37. The number of benzene rings is 2. The maximum atomic E-state index is 9.56. The molecule has 2 N–H and O–H groups in total. The molecule has 0 saturated carbocycles. The molecule has 110 valence electrons. The minimum absolute atomic E-state index is 0.328.